The molecule has 0 atom stereocenters. The minimum atomic E-state index is -3.65. The average Bonchev–Trinajstić information content (AvgIpc) is 2.78. The highest BCUT2D eigenvalue weighted by molar-refractivity contribution is 7.89. The van der Waals surface area contributed by atoms with E-state index in [-0.39, 0.29) is 16.7 Å². The second-order valence-electron chi connectivity index (χ2n) is 7.60. The minimum Gasteiger partial charge on any atom is -0.349 e. The van der Waals surface area contributed by atoms with Crippen LogP contribution in [0, 0.1) is 5.92 Å². The van der Waals surface area contributed by atoms with Crippen molar-refractivity contribution < 1.29 is 18.0 Å². The zero-order chi connectivity index (χ0) is 22.4. The zero-order valence-electron chi connectivity index (χ0n) is 17.6. The van der Waals surface area contributed by atoms with Crippen molar-refractivity contribution in [3.63, 3.8) is 0 Å². The summed E-state index contributed by atoms with van der Waals surface area (Å²) in [5, 5.41) is 5.40. The van der Waals surface area contributed by atoms with Gasteiger partial charge in [0.2, 0.25) is 15.9 Å². The highest BCUT2D eigenvalue weighted by Gasteiger charge is 2.32. The Balaban J connectivity index is 1.55. The lowest BCUT2D eigenvalue weighted by Crippen LogP contribution is -2.42. The average molecular weight is 446 g/mol. The molecule has 1 saturated heterocycles. The number of urea groups is 1. The van der Waals surface area contributed by atoms with Crippen molar-refractivity contribution in [2.45, 2.75) is 24.3 Å². The molecule has 9 nitrogen and oxygen atoms in total. The van der Waals surface area contributed by atoms with Gasteiger partial charge in [-0.1, -0.05) is 6.07 Å². The molecule has 2 heterocycles. The Morgan fingerprint density at radius 3 is 2.39 bits per heavy atom. The van der Waals surface area contributed by atoms with Gasteiger partial charge < -0.3 is 15.5 Å². The SMILES string of the molecule is CN(C)C(=O)C1CCN(S(=O)(=O)c2ccc(NC(=O)NCc3cccnc3)cc2)CC1. The number of sulfonamides is 1. The van der Waals surface area contributed by atoms with Crippen LogP contribution in [-0.4, -0.2) is 61.7 Å². The largest absolute Gasteiger partial charge is 0.349 e. The van der Waals surface area contributed by atoms with Crippen molar-refractivity contribution in [2.75, 3.05) is 32.5 Å². The molecule has 1 aromatic heterocycles. The molecule has 2 N–H and O–H groups in total. The maximum absolute atomic E-state index is 12.9. The van der Waals surface area contributed by atoms with E-state index in [1.807, 2.05) is 6.07 Å². The smallest absolute Gasteiger partial charge is 0.319 e. The van der Waals surface area contributed by atoms with Gasteiger partial charge in [-0.3, -0.25) is 9.78 Å². The molecule has 1 fully saturated rings. The Hall–Kier alpha value is -2.98. The molecule has 2 aromatic rings. The van der Waals surface area contributed by atoms with Crippen LogP contribution in [0.3, 0.4) is 0 Å². The number of hydrogen-bond donors (Lipinski definition) is 2. The molecule has 0 aliphatic carbocycles. The lowest BCUT2D eigenvalue weighted by molar-refractivity contribution is -0.134. The lowest BCUT2D eigenvalue weighted by Gasteiger charge is -2.31. The van der Waals surface area contributed by atoms with Crippen LogP contribution >= 0.6 is 0 Å². The summed E-state index contributed by atoms with van der Waals surface area (Å²) >= 11 is 0. The predicted octanol–water partition coefficient (Wildman–Crippen LogP) is 1.89. The number of carbonyl (C=O) groups excluding carboxylic acids is 2. The van der Waals surface area contributed by atoms with Crippen LogP contribution in [0.4, 0.5) is 10.5 Å². The second-order valence-corrected chi connectivity index (χ2v) is 9.54. The number of rotatable bonds is 6. The fraction of sp³-hybridized carbons (Fsp3) is 0.381. The van der Waals surface area contributed by atoms with Crippen LogP contribution in [-0.2, 0) is 21.4 Å². The topological polar surface area (TPSA) is 112 Å². The standard InChI is InChI=1S/C21H27N5O4S/c1-25(2)20(27)17-9-12-26(13-10-17)31(29,30)19-7-5-18(6-8-19)24-21(28)23-15-16-4-3-11-22-14-16/h3-8,11,14,17H,9-10,12-13,15H2,1-2H3,(H2,23,24,28). The zero-order valence-corrected chi connectivity index (χ0v) is 18.4. The van der Waals surface area contributed by atoms with Crippen LogP contribution in [0.1, 0.15) is 18.4 Å². The van der Waals surface area contributed by atoms with E-state index >= 15 is 0 Å². The Kier molecular flexibility index (Phi) is 7.24. The molecule has 3 amide bonds. The molecule has 0 spiro atoms. The van der Waals surface area contributed by atoms with Crippen molar-refractivity contribution in [2.24, 2.45) is 5.92 Å². The summed E-state index contributed by atoms with van der Waals surface area (Å²) in [5.74, 6) is -0.104. The number of nitrogens with zero attached hydrogens (tertiary/aromatic N) is 3. The van der Waals surface area contributed by atoms with Crippen molar-refractivity contribution in [1.82, 2.24) is 19.5 Å². The lowest BCUT2D eigenvalue weighted by atomic mass is 9.97. The predicted molar refractivity (Wildman–Crippen MR) is 117 cm³/mol. The van der Waals surface area contributed by atoms with E-state index in [1.165, 1.54) is 16.4 Å². The van der Waals surface area contributed by atoms with E-state index < -0.39 is 16.1 Å². The number of benzene rings is 1. The summed E-state index contributed by atoms with van der Waals surface area (Å²) in [6, 6.07) is 9.30. The van der Waals surface area contributed by atoms with Gasteiger partial charge in [0.1, 0.15) is 0 Å². The molecule has 10 heteroatoms. The number of pyridine rings is 1. The van der Waals surface area contributed by atoms with Crippen molar-refractivity contribution in [3.8, 4) is 0 Å². The van der Waals surface area contributed by atoms with Gasteiger partial charge in [-0.25, -0.2) is 13.2 Å². The van der Waals surface area contributed by atoms with Crippen LogP contribution in [0.2, 0.25) is 0 Å². The van der Waals surface area contributed by atoms with E-state index in [0.717, 1.165) is 5.56 Å². The van der Waals surface area contributed by atoms with E-state index in [2.05, 4.69) is 15.6 Å². The molecule has 166 valence electrons. The summed E-state index contributed by atoms with van der Waals surface area (Å²) in [5.41, 5.74) is 1.35. The molecule has 3 rings (SSSR count). The third-order valence-corrected chi connectivity index (χ3v) is 7.08. The van der Waals surface area contributed by atoms with Crippen molar-refractivity contribution >= 4 is 27.6 Å². The Morgan fingerprint density at radius 1 is 1.13 bits per heavy atom. The molecule has 31 heavy (non-hydrogen) atoms. The first-order chi connectivity index (χ1) is 14.8. The monoisotopic (exact) mass is 445 g/mol. The maximum Gasteiger partial charge on any atom is 0.319 e. The van der Waals surface area contributed by atoms with Crippen LogP contribution in [0.5, 0.6) is 0 Å². The summed E-state index contributed by atoms with van der Waals surface area (Å²) in [6.45, 7) is 0.949. The highest BCUT2D eigenvalue weighted by atomic mass is 32.2. The number of anilines is 1. The second kappa shape index (κ2) is 9.88. The van der Waals surface area contributed by atoms with Gasteiger partial charge in [0.05, 0.1) is 4.90 Å². The number of amides is 3. The van der Waals surface area contributed by atoms with Gasteiger partial charge in [0, 0.05) is 57.7 Å². The molecule has 0 unspecified atom stereocenters. The highest BCUT2D eigenvalue weighted by Crippen LogP contribution is 2.25. The summed E-state index contributed by atoms with van der Waals surface area (Å²) in [4.78, 5) is 29.8. The molecular formula is C21H27N5O4S. The minimum absolute atomic E-state index is 0.0364. The van der Waals surface area contributed by atoms with E-state index in [4.69, 9.17) is 0 Å². The molecular weight excluding hydrogens is 418 g/mol. The van der Waals surface area contributed by atoms with Gasteiger partial charge in [-0.2, -0.15) is 4.31 Å². The number of carbonyl (C=O) groups is 2. The maximum atomic E-state index is 12.9. The summed E-state index contributed by atoms with van der Waals surface area (Å²) in [7, 11) is -0.233. The number of nitrogens with one attached hydrogen (secondary N) is 2. The van der Waals surface area contributed by atoms with Crippen LogP contribution < -0.4 is 10.6 Å². The van der Waals surface area contributed by atoms with E-state index in [0.29, 0.717) is 38.2 Å². The van der Waals surface area contributed by atoms with Crippen LogP contribution in [0.15, 0.2) is 53.7 Å². The van der Waals surface area contributed by atoms with Gasteiger partial charge in [0.15, 0.2) is 0 Å². The normalized spacial score (nSPS) is 15.3. The van der Waals surface area contributed by atoms with E-state index in [9.17, 15) is 18.0 Å². The number of aromatic nitrogens is 1. The van der Waals surface area contributed by atoms with Gasteiger partial charge in [-0.05, 0) is 48.7 Å². The van der Waals surface area contributed by atoms with Crippen LogP contribution in [0.25, 0.3) is 0 Å². The van der Waals surface area contributed by atoms with Gasteiger partial charge in [0.25, 0.3) is 0 Å². The number of piperidine rings is 1. The molecule has 1 aliphatic heterocycles. The summed E-state index contributed by atoms with van der Waals surface area (Å²) in [6.07, 6.45) is 4.34. The van der Waals surface area contributed by atoms with E-state index in [1.54, 1.807) is 49.6 Å². The summed E-state index contributed by atoms with van der Waals surface area (Å²) < 4.78 is 27.2. The molecule has 1 aliphatic rings. The fourth-order valence-electron chi connectivity index (χ4n) is 3.43. The molecule has 0 bridgehead atoms. The Morgan fingerprint density at radius 2 is 1.81 bits per heavy atom. The fourth-order valence-corrected chi connectivity index (χ4v) is 4.90. The van der Waals surface area contributed by atoms with Gasteiger partial charge >= 0.3 is 6.03 Å². The Labute approximate surface area is 182 Å². The first-order valence-electron chi connectivity index (χ1n) is 10.0. The molecule has 1 aromatic carbocycles. The van der Waals surface area contributed by atoms with Crippen molar-refractivity contribution in [3.05, 3.63) is 54.4 Å². The first kappa shape index (κ1) is 22.7. The third kappa shape index (κ3) is 5.80. The first-order valence-corrected chi connectivity index (χ1v) is 11.5. The van der Waals surface area contributed by atoms with Crippen molar-refractivity contribution in [1.29, 1.82) is 0 Å². The van der Waals surface area contributed by atoms with Gasteiger partial charge in [-0.15, -0.1) is 0 Å². The Bertz CT molecular complexity index is 1000. The number of hydrogen-bond acceptors (Lipinski definition) is 5. The molecule has 0 radical (unpaired) electrons. The third-order valence-electron chi connectivity index (χ3n) is 5.17. The quantitative estimate of drug-likeness (QED) is 0.705. The molecule has 0 saturated carbocycles.